The fourth-order valence-corrected chi connectivity index (χ4v) is 5.54. The van der Waals surface area contributed by atoms with Crippen LogP contribution in [-0.2, 0) is 6.54 Å². The van der Waals surface area contributed by atoms with E-state index in [0.717, 1.165) is 48.1 Å². The molecule has 0 saturated heterocycles. The molecule has 6 heteroatoms. The van der Waals surface area contributed by atoms with Gasteiger partial charge in [-0.05, 0) is 85.2 Å². The summed E-state index contributed by atoms with van der Waals surface area (Å²) in [4.78, 5) is 17.8. The van der Waals surface area contributed by atoms with Crippen LogP contribution in [0.5, 0.6) is 0 Å². The summed E-state index contributed by atoms with van der Waals surface area (Å²) in [7, 11) is 0. The number of hydrogen-bond acceptors (Lipinski definition) is 3. The maximum atomic E-state index is 13.8. The zero-order valence-corrected chi connectivity index (χ0v) is 20.1. The third-order valence-corrected chi connectivity index (χ3v) is 7.41. The maximum absolute atomic E-state index is 13.8. The van der Waals surface area contributed by atoms with E-state index in [2.05, 4.69) is 28.1 Å². The predicted molar refractivity (Wildman–Crippen MR) is 132 cm³/mol. The van der Waals surface area contributed by atoms with Gasteiger partial charge in [-0.1, -0.05) is 28.1 Å². The van der Waals surface area contributed by atoms with Crippen molar-refractivity contribution in [1.82, 2.24) is 4.57 Å². The molecule has 33 heavy (non-hydrogen) atoms. The molecule has 1 atom stereocenters. The lowest BCUT2D eigenvalue weighted by molar-refractivity contribution is 0.121. The first-order chi connectivity index (χ1) is 15.9. The largest absolute Gasteiger partial charge is 0.393 e. The highest BCUT2D eigenvalue weighted by atomic mass is 79.9. The van der Waals surface area contributed by atoms with Crippen LogP contribution in [0, 0.1) is 11.7 Å². The highest BCUT2D eigenvalue weighted by Crippen LogP contribution is 2.34. The summed E-state index contributed by atoms with van der Waals surface area (Å²) < 4.78 is 16.1. The van der Waals surface area contributed by atoms with E-state index < -0.39 is 0 Å². The Kier molecular flexibility index (Phi) is 6.06. The minimum Gasteiger partial charge on any atom is -0.393 e. The third-order valence-electron chi connectivity index (χ3n) is 6.96. The number of nitrogens with zero attached hydrogens (tertiary/aromatic N) is 2. The van der Waals surface area contributed by atoms with Gasteiger partial charge >= 0.3 is 0 Å². The molecule has 5 rings (SSSR count). The number of aliphatic hydroxyl groups excluding tert-OH is 1. The van der Waals surface area contributed by atoms with Gasteiger partial charge in [-0.2, -0.15) is 0 Å². The van der Waals surface area contributed by atoms with Crippen LogP contribution in [0.3, 0.4) is 0 Å². The second-order valence-electron chi connectivity index (χ2n) is 9.12. The van der Waals surface area contributed by atoms with Gasteiger partial charge in [0.05, 0.1) is 18.7 Å². The minimum absolute atomic E-state index is 0.129. The molecule has 1 N–H and O–H groups in total. The molecule has 0 bridgehead atoms. The van der Waals surface area contributed by atoms with Gasteiger partial charge in [-0.25, -0.2) is 4.39 Å². The van der Waals surface area contributed by atoms with Crippen molar-refractivity contribution in [2.75, 3.05) is 0 Å². The van der Waals surface area contributed by atoms with Crippen LogP contribution < -0.4 is 5.56 Å². The number of halogens is 2. The Balaban J connectivity index is 1.43. The van der Waals surface area contributed by atoms with E-state index in [0.29, 0.717) is 16.9 Å². The number of fused-ring (bicyclic) bond motifs is 1. The van der Waals surface area contributed by atoms with Crippen LogP contribution in [0.1, 0.15) is 55.3 Å². The van der Waals surface area contributed by atoms with Gasteiger partial charge in [-0.15, -0.1) is 0 Å². The molecule has 2 heterocycles. The van der Waals surface area contributed by atoms with Crippen LogP contribution in [0.2, 0.25) is 0 Å². The van der Waals surface area contributed by atoms with Gasteiger partial charge in [0.15, 0.2) is 0 Å². The topological polar surface area (TPSA) is 54.6 Å². The molecule has 0 amide bonds. The Labute approximate surface area is 200 Å². The smallest absolute Gasteiger partial charge is 0.251 e. The summed E-state index contributed by atoms with van der Waals surface area (Å²) in [6.45, 7) is 2.59. The summed E-state index contributed by atoms with van der Waals surface area (Å²) in [5, 5.41) is 9.85. The van der Waals surface area contributed by atoms with E-state index in [-0.39, 0.29) is 23.5 Å². The lowest BCUT2D eigenvalue weighted by Crippen LogP contribution is -2.24. The number of aromatic nitrogens is 1. The summed E-state index contributed by atoms with van der Waals surface area (Å²) in [5.74, 6) is 0.0586. The Bertz CT molecular complexity index is 1270. The Morgan fingerprint density at radius 3 is 2.55 bits per heavy atom. The SMILES string of the molecule is CC(c1cc(F)cc(Br)c1)n1ccc(-c2ccc3c(c2)C(C2CCC(O)CC2)=NC3)cc1=O. The average molecular weight is 509 g/mol. The van der Waals surface area contributed by atoms with Gasteiger partial charge in [0, 0.05) is 33.9 Å². The highest BCUT2D eigenvalue weighted by Gasteiger charge is 2.28. The third kappa shape index (κ3) is 4.46. The Morgan fingerprint density at radius 1 is 1.06 bits per heavy atom. The molecule has 1 saturated carbocycles. The molecule has 1 aliphatic heterocycles. The highest BCUT2D eigenvalue weighted by molar-refractivity contribution is 9.10. The van der Waals surface area contributed by atoms with Crippen molar-refractivity contribution in [3.05, 3.63) is 92.1 Å². The van der Waals surface area contributed by atoms with Crippen LogP contribution in [-0.4, -0.2) is 21.5 Å². The van der Waals surface area contributed by atoms with Crippen molar-refractivity contribution in [1.29, 1.82) is 0 Å². The minimum atomic E-state index is -0.334. The molecular formula is C27H26BrFN2O2. The van der Waals surface area contributed by atoms with E-state index in [9.17, 15) is 14.3 Å². The second kappa shape index (κ2) is 8.99. The number of rotatable bonds is 4. The molecule has 3 aromatic rings. The molecule has 170 valence electrons. The summed E-state index contributed by atoms with van der Waals surface area (Å²) in [5.41, 5.74) is 6.00. The molecular weight excluding hydrogens is 483 g/mol. The molecule has 2 aliphatic rings. The van der Waals surface area contributed by atoms with Crippen molar-refractivity contribution >= 4 is 21.6 Å². The van der Waals surface area contributed by atoms with Crippen LogP contribution in [0.4, 0.5) is 4.39 Å². The lowest BCUT2D eigenvalue weighted by Gasteiger charge is -2.26. The first-order valence-electron chi connectivity index (χ1n) is 11.4. The maximum Gasteiger partial charge on any atom is 0.251 e. The van der Waals surface area contributed by atoms with Gasteiger partial charge < -0.3 is 9.67 Å². The zero-order valence-electron chi connectivity index (χ0n) is 18.5. The van der Waals surface area contributed by atoms with Crippen molar-refractivity contribution in [3.63, 3.8) is 0 Å². The number of aliphatic imine (C=N–C) groups is 1. The monoisotopic (exact) mass is 508 g/mol. The quantitative estimate of drug-likeness (QED) is 0.478. The molecule has 0 spiro atoms. The van der Waals surface area contributed by atoms with Crippen LogP contribution >= 0.6 is 15.9 Å². The van der Waals surface area contributed by atoms with Crippen LogP contribution in [0.25, 0.3) is 11.1 Å². The van der Waals surface area contributed by atoms with E-state index in [1.165, 1.54) is 23.3 Å². The zero-order chi connectivity index (χ0) is 23.1. The fraction of sp³-hybridized carbons (Fsp3) is 0.333. The predicted octanol–water partition coefficient (Wildman–Crippen LogP) is 5.88. The second-order valence-corrected chi connectivity index (χ2v) is 10.0. The lowest BCUT2D eigenvalue weighted by atomic mass is 9.81. The van der Waals surface area contributed by atoms with E-state index in [1.54, 1.807) is 16.8 Å². The number of hydrogen-bond donors (Lipinski definition) is 1. The summed E-state index contributed by atoms with van der Waals surface area (Å²) >= 11 is 3.33. The van der Waals surface area contributed by atoms with Crippen LogP contribution in [0.15, 0.2) is 69.0 Å². The van der Waals surface area contributed by atoms with E-state index >= 15 is 0 Å². The number of aliphatic hydroxyl groups is 1. The van der Waals surface area contributed by atoms with E-state index in [1.807, 2.05) is 25.1 Å². The molecule has 4 nitrogen and oxygen atoms in total. The van der Waals surface area contributed by atoms with Crippen molar-refractivity contribution in [3.8, 4) is 11.1 Å². The molecule has 1 aliphatic carbocycles. The Hall–Kier alpha value is -2.57. The first kappa shape index (κ1) is 22.2. The fourth-order valence-electron chi connectivity index (χ4n) is 5.05. The molecule has 2 aromatic carbocycles. The summed E-state index contributed by atoms with van der Waals surface area (Å²) in [6.07, 6.45) is 5.19. The van der Waals surface area contributed by atoms with Gasteiger partial charge in [0.1, 0.15) is 5.82 Å². The molecule has 1 fully saturated rings. The number of pyridine rings is 1. The summed E-state index contributed by atoms with van der Waals surface area (Å²) in [6, 6.07) is 14.3. The molecule has 1 unspecified atom stereocenters. The van der Waals surface area contributed by atoms with Crippen molar-refractivity contribution in [2.45, 2.75) is 51.3 Å². The van der Waals surface area contributed by atoms with Crippen molar-refractivity contribution < 1.29 is 9.50 Å². The molecule has 1 aromatic heterocycles. The Morgan fingerprint density at radius 2 is 1.82 bits per heavy atom. The van der Waals surface area contributed by atoms with Crippen molar-refractivity contribution in [2.24, 2.45) is 10.9 Å². The average Bonchev–Trinajstić information content (AvgIpc) is 3.22. The normalized spacial score (nSPS) is 20.9. The first-order valence-corrected chi connectivity index (χ1v) is 12.2. The van der Waals surface area contributed by atoms with Gasteiger partial charge in [0.25, 0.3) is 5.56 Å². The molecule has 0 radical (unpaired) electrons. The standard InChI is InChI=1S/C27H26BrFN2O2/c1-16(21-10-22(28)14-23(29)11-21)31-9-8-19(13-26(31)33)18-2-3-20-15-30-27(25(20)12-18)17-4-6-24(32)7-5-17/h2-3,8-14,16-17,24,32H,4-7,15H2,1H3. The number of benzene rings is 2. The van der Waals surface area contributed by atoms with E-state index in [4.69, 9.17) is 4.99 Å². The van der Waals surface area contributed by atoms with Gasteiger partial charge in [0.2, 0.25) is 0 Å². The van der Waals surface area contributed by atoms with Gasteiger partial charge in [-0.3, -0.25) is 9.79 Å².